The highest BCUT2D eigenvalue weighted by atomic mass is 16.5. The molecule has 0 amide bonds. The van der Waals surface area contributed by atoms with Crippen LogP contribution < -0.4 is 16.0 Å². The number of aliphatic imine (C=N–C) groups is 1. The number of H-pyrrole nitrogens is 1. The van der Waals surface area contributed by atoms with Crippen LogP contribution in [0.25, 0.3) is 11.4 Å². The summed E-state index contributed by atoms with van der Waals surface area (Å²) < 4.78 is 11.0. The number of aromatic amines is 1. The van der Waals surface area contributed by atoms with Crippen molar-refractivity contribution in [2.75, 3.05) is 39.5 Å². The second-order valence-electron chi connectivity index (χ2n) is 6.73. The van der Waals surface area contributed by atoms with E-state index in [9.17, 15) is 4.79 Å². The molecular formula is C21H27N7O3. The molecule has 31 heavy (non-hydrogen) atoms. The number of nitrogens with zero attached hydrogens (tertiary/aromatic N) is 5. The predicted octanol–water partition coefficient (Wildman–Crippen LogP) is 1.12. The molecule has 0 saturated carbocycles. The Hall–Kier alpha value is -3.37. The van der Waals surface area contributed by atoms with Gasteiger partial charge in [-0.2, -0.15) is 10.1 Å². The molecule has 164 valence electrons. The summed E-state index contributed by atoms with van der Waals surface area (Å²) in [4.78, 5) is 27.4. The fraction of sp³-hybridized carbons (Fsp3) is 0.381. The molecule has 3 rings (SSSR count). The Morgan fingerprint density at radius 3 is 2.90 bits per heavy atom. The summed E-state index contributed by atoms with van der Waals surface area (Å²) in [6, 6.07) is 3.48. The third kappa shape index (κ3) is 6.30. The second-order valence-corrected chi connectivity index (χ2v) is 6.73. The van der Waals surface area contributed by atoms with Gasteiger partial charge < -0.3 is 15.2 Å². The second kappa shape index (κ2) is 11.1. The molecule has 1 fully saturated rings. The molecule has 0 atom stereocenters. The summed E-state index contributed by atoms with van der Waals surface area (Å²) >= 11 is 0. The van der Waals surface area contributed by atoms with Crippen molar-refractivity contribution in [3.05, 3.63) is 58.2 Å². The van der Waals surface area contributed by atoms with Gasteiger partial charge in [0.1, 0.15) is 18.1 Å². The van der Waals surface area contributed by atoms with Gasteiger partial charge in [-0.3, -0.25) is 9.69 Å². The van der Waals surface area contributed by atoms with E-state index in [1.165, 1.54) is 0 Å². The van der Waals surface area contributed by atoms with Gasteiger partial charge in [-0.05, 0) is 32.1 Å². The van der Waals surface area contributed by atoms with E-state index in [-0.39, 0.29) is 17.4 Å². The Bertz CT molecular complexity index is 1020. The molecule has 0 bridgehead atoms. The summed E-state index contributed by atoms with van der Waals surface area (Å²) in [7, 11) is 0. The zero-order chi connectivity index (χ0) is 22.1. The molecule has 2 aromatic heterocycles. The van der Waals surface area contributed by atoms with Crippen LogP contribution >= 0.6 is 0 Å². The molecule has 0 radical (unpaired) electrons. The lowest BCUT2D eigenvalue weighted by atomic mass is 10.2. The number of hydrogen-bond donors (Lipinski definition) is 2. The standard InChI is InChI=1S/C21H27N7O3/c1-3-5-15(4-2)24-19(22)16-14-18(26-27-20(16)29)17-6-7-23-21(25-17)31-13-10-28-8-11-30-12-9-28/h3-7,14H,8-13H2,1-2H3,(H2,22,24)(H,27,29)/b5-3-,15-4+. The SMILES string of the molecule is C/C=C\C(=C/C)N=C(N)c1cc(-c2ccnc(OCCN3CCOCC3)n2)n[nH]c1=O. The van der Waals surface area contributed by atoms with Crippen molar-refractivity contribution >= 4 is 5.84 Å². The van der Waals surface area contributed by atoms with E-state index in [2.05, 4.69) is 30.1 Å². The van der Waals surface area contributed by atoms with Crippen LogP contribution in [0.2, 0.25) is 0 Å². The minimum atomic E-state index is -0.433. The fourth-order valence-corrected chi connectivity index (χ4v) is 2.94. The van der Waals surface area contributed by atoms with Gasteiger partial charge in [-0.25, -0.2) is 15.1 Å². The minimum Gasteiger partial charge on any atom is -0.462 e. The predicted molar refractivity (Wildman–Crippen MR) is 118 cm³/mol. The average Bonchev–Trinajstić information content (AvgIpc) is 2.80. The lowest BCUT2D eigenvalue weighted by Gasteiger charge is -2.26. The largest absolute Gasteiger partial charge is 0.462 e. The maximum absolute atomic E-state index is 12.2. The Labute approximate surface area is 180 Å². The molecule has 0 aromatic carbocycles. The molecule has 3 heterocycles. The van der Waals surface area contributed by atoms with Crippen LogP contribution in [0.15, 0.2) is 52.0 Å². The van der Waals surface area contributed by atoms with Crippen molar-refractivity contribution in [2.24, 2.45) is 10.7 Å². The molecule has 3 N–H and O–H groups in total. The van der Waals surface area contributed by atoms with E-state index in [1.807, 2.05) is 19.9 Å². The van der Waals surface area contributed by atoms with Gasteiger partial charge in [0, 0.05) is 25.8 Å². The number of hydrogen-bond acceptors (Lipinski definition) is 8. The van der Waals surface area contributed by atoms with Crippen LogP contribution in [-0.4, -0.2) is 70.4 Å². The summed E-state index contributed by atoms with van der Waals surface area (Å²) in [6.45, 7) is 8.21. The van der Waals surface area contributed by atoms with Gasteiger partial charge in [-0.1, -0.05) is 12.2 Å². The number of allylic oxidation sites excluding steroid dienone is 3. The van der Waals surface area contributed by atoms with Crippen LogP contribution in [0.1, 0.15) is 19.4 Å². The average molecular weight is 425 g/mol. The first-order chi connectivity index (χ1) is 15.1. The molecule has 1 aliphatic heterocycles. The highest BCUT2D eigenvalue weighted by Gasteiger charge is 2.13. The van der Waals surface area contributed by atoms with E-state index in [4.69, 9.17) is 15.2 Å². The number of aromatic nitrogens is 4. The number of amidine groups is 1. The molecular weight excluding hydrogens is 398 g/mol. The fourth-order valence-electron chi connectivity index (χ4n) is 2.94. The van der Waals surface area contributed by atoms with Gasteiger partial charge >= 0.3 is 6.01 Å². The lowest BCUT2D eigenvalue weighted by molar-refractivity contribution is 0.0317. The van der Waals surface area contributed by atoms with E-state index in [0.29, 0.717) is 23.7 Å². The van der Waals surface area contributed by atoms with Crippen LogP contribution in [0, 0.1) is 0 Å². The molecule has 1 saturated heterocycles. The van der Waals surface area contributed by atoms with Crippen molar-refractivity contribution < 1.29 is 9.47 Å². The van der Waals surface area contributed by atoms with Gasteiger partial charge in [0.25, 0.3) is 5.56 Å². The molecule has 1 aliphatic rings. The van der Waals surface area contributed by atoms with Gasteiger partial charge in [0.2, 0.25) is 0 Å². The quantitative estimate of drug-likeness (QED) is 0.365. The normalized spacial score (nSPS) is 16.1. The van der Waals surface area contributed by atoms with Crippen molar-refractivity contribution in [1.82, 2.24) is 25.1 Å². The topological polar surface area (TPSA) is 132 Å². The Balaban J connectivity index is 1.75. The Morgan fingerprint density at radius 2 is 2.16 bits per heavy atom. The molecule has 2 aromatic rings. The lowest BCUT2D eigenvalue weighted by Crippen LogP contribution is -2.38. The highest BCUT2D eigenvalue weighted by molar-refractivity contribution is 5.98. The first-order valence-corrected chi connectivity index (χ1v) is 10.1. The van der Waals surface area contributed by atoms with Crippen molar-refractivity contribution in [1.29, 1.82) is 0 Å². The van der Waals surface area contributed by atoms with Gasteiger partial charge in [0.15, 0.2) is 0 Å². The van der Waals surface area contributed by atoms with E-state index in [1.54, 1.807) is 30.5 Å². The molecule has 10 heteroatoms. The molecule has 0 spiro atoms. The maximum atomic E-state index is 12.2. The van der Waals surface area contributed by atoms with Crippen molar-refractivity contribution in [2.45, 2.75) is 13.8 Å². The van der Waals surface area contributed by atoms with Gasteiger partial charge in [-0.15, -0.1) is 0 Å². The molecule has 0 unspecified atom stereocenters. The third-order valence-electron chi connectivity index (χ3n) is 4.60. The zero-order valence-electron chi connectivity index (χ0n) is 17.7. The van der Waals surface area contributed by atoms with Crippen LogP contribution in [0.3, 0.4) is 0 Å². The maximum Gasteiger partial charge on any atom is 0.316 e. The number of nitrogens with one attached hydrogen (secondary N) is 1. The van der Waals surface area contributed by atoms with Crippen LogP contribution in [0.4, 0.5) is 0 Å². The van der Waals surface area contributed by atoms with E-state index in [0.717, 1.165) is 32.8 Å². The van der Waals surface area contributed by atoms with Crippen LogP contribution in [0.5, 0.6) is 6.01 Å². The first kappa shape index (κ1) is 22.3. The molecule has 0 aliphatic carbocycles. The number of rotatable bonds is 8. The van der Waals surface area contributed by atoms with Gasteiger partial charge in [0.05, 0.1) is 30.2 Å². The summed E-state index contributed by atoms with van der Waals surface area (Å²) in [6.07, 6.45) is 7.03. The monoisotopic (exact) mass is 425 g/mol. The summed E-state index contributed by atoms with van der Waals surface area (Å²) in [5.41, 5.74) is 7.43. The van der Waals surface area contributed by atoms with E-state index < -0.39 is 5.56 Å². The summed E-state index contributed by atoms with van der Waals surface area (Å²) in [5, 5.41) is 6.53. The first-order valence-electron chi connectivity index (χ1n) is 10.1. The van der Waals surface area contributed by atoms with Crippen molar-refractivity contribution in [3.8, 4) is 17.4 Å². The number of morpholine rings is 1. The number of ether oxygens (including phenoxy) is 2. The Morgan fingerprint density at radius 1 is 1.35 bits per heavy atom. The van der Waals surface area contributed by atoms with Crippen molar-refractivity contribution in [3.63, 3.8) is 0 Å². The van der Waals surface area contributed by atoms with E-state index >= 15 is 0 Å². The van der Waals surface area contributed by atoms with Crippen LogP contribution in [-0.2, 0) is 4.74 Å². The smallest absolute Gasteiger partial charge is 0.316 e. The highest BCUT2D eigenvalue weighted by Crippen LogP contribution is 2.16. The number of nitrogens with two attached hydrogens (primary N) is 1. The molecule has 10 nitrogen and oxygen atoms in total. The Kier molecular flexibility index (Phi) is 8.02. The summed E-state index contributed by atoms with van der Waals surface area (Å²) in [5.74, 6) is 0.0899. The third-order valence-corrected chi connectivity index (χ3v) is 4.60. The zero-order valence-corrected chi connectivity index (χ0v) is 17.7. The minimum absolute atomic E-state index is 0.0899.